The molecule has 2 rings (SSSR count). The van der Waals surface area contributed by atoms with Gasteiger partial charge in [0.1, 0.15) is 11.8 Å². The van der Waals surface area contributed by atoms with Crippen molar-refractivity contribution in [1.82, 2.24) is 5.32 Å². The molecule has 3 N–H and O–H groups in total. The number of Topliss-reactive ketones (excluding diaryl/α,β-unsaturated/α-hetero) is 1. The van der Waals surface area contributed by atoms with Crippen molar-refractivity contribution in [3.8, 4) is 0 Å². The van der Waals surface area contributed by atoms with Crippen LogP contribution in [0.5, 0.6) is 0 Å². The summed E-state index contributed by atoms with van der Waals surface area (Å²) in [4.78, 5) is 35.4. The lowest BCUT2D eigenvalue weighted by Crippen LogP contribution is -2.50. The number of benzene rings is 1. The molecule has 112 valence electrons. The van der Waals surface area contributed by atoms with E-state index in [1.807, 2.05) is 0 Å². The highest BCUT2D eigenvalue weighted by molar-refractivity contribution is 6.33. The van der Waals surface area contributed by atoms with E-state index in [9.17, 15) is 14.4 Å². The highest BCUT2D eigenvalue weighted by Crippen LogP contribution is 2.25. The summed E-state index contributed by atoms with van der Waals surface area (Å²) in [7, 11) is 0. The highest BCUT2D eigenvalue weighted by atomic mass is 35.5. The maximum absolute atomic E-state index is 12.2. The van der Waals surface area contributed by atoms with Crippen LogP contribution in [0.4, 0.5) is 0 Å². The Hall–Kier alpha value is -1.88. The number of carbonyl (C=O) groups is 3. The van der Waals surface area contributed by atoms with Gasteiger partial charge in [0, 0.05) is 12.8 Å². The van der Waals surface area contributed by atoms with E-state index >= 15 is 0 Å². The molecule has 2 amide bonds. The van der Waals surface area contributed by atoms with Gasteiger partial charge in [-0.15, -0.1) is 0 Å². The Morgan fingerprint density at radius 2 is 2.05 bits per heavy atom. The standard InChI is InChI=1S/C15H17ClN2O3/c16-12-7-2-1-6-11(12)15(21)18-13(14(17)20)9-4-3-5-10(19)8-9/h1-2,6-7,9,13H,3-5,8H2,(H2,17,20)(H,18,21)/t9-,13+/m1/s1. The second kappa shape index (κ2) is 6.72. The average Bonchev–Trinajstić information content (AvgIpc) is 2.44. The van der Waals surface area contributed by atoms with Crippen molar-refractivity contribution in [2.75, 3.05) is 0 Å². The van der Waals surface area contributed by atoms with Crippen LogP contribution in [-0.2, 0) is 9.59 Å². The summed E-state index contributed by atoms with van der Waals surface area (Å²) in [6.07, 6.45) is 2.22. The van der Waals surface area contributed by atoms with Crippen LogP contribution in [0.2, 0.25) is 5.02 Å². The Bertz CT molecular complexity index is 574. The molecule has 0 unspecified atom stereocenters. The first-order chi connectivity index (χ1) is 9.99. The van der Waals surface area contributed by atoms with Gasteiger partial charge in [-0.25, -0.2) is 0 Å². The minimum absolute atomic E-state index is 0.101. The van der Waals surface area contributed by atoms with E-state index in [0.29, 0.717) is 17.9 Å². The second-order valence-electron chi connectivity index (χ2n) is 5.23. The molecule has 1 fully saturated rings. The summed E-state index contributed by atoms with van der Waals surface area (Å²) < 4.78 is 0. The Kier molecular flexibility index (Phi) is 4.96. The zero-order valence-electron chi connectivity index (χ0n) is 11.5. The quantitative estimate of drug-likeness (QED) is 0.887. The summed E-state index contributed by atoms with van der Waals surface area (Å²) in [5, 5.41) is 2.92. The van der Waals surface area contributed by atoms with Gasteiger partial charge < -0.3 is 11.1 Å². The Balaban J connectivity index is 2.13. The van der Waals surface area contributed by atoms with Crippen molar-refractivity contribution < 1.29 is 14.4 Å². The molecule has 0 aliphatic heterocycles. The fraction of sp³-hybridized carbons (Fsp3) is 0.400. The van der Waals surface area contributed by atoms with Gasteiger partial charge in [0.25, 0.3) is 5.91 Å². The van der Waals surface area contributed by atoms with Gasteiger partial charge in [0.15, 0.2) is 0 Å². The number of rotatable bonds is 4. The van der Waals surface area contributed by atoms with E-state index in [1.165, 1.54) is 0 Å². The van der Waals surface area contributed by atoms with Gasteiger partial charge in [-0.3, -0.25) is 14.4 Å². The molecule has 1 aromatic rings. The highest BCUT2D eigenvalue weighted by Gasteiger charge is 2.32. The van der Waals surface area contributed by atoms with E-state index < -0.39 is 17.9 Å². The first kappa shape index (κ1) is 15.5. The molecular weight excluding hydrogens is 292 g/mol. The molecule has 0 spiro atoms. The van der Waals surface area contributed by atoms with Crippen LogP contribution in [0.15, 0.2) is 24.3 Å². The van der Waals surface area contributed by atoms with Crippen LogP contribution in [-0.4, -0.2) is 23.6 Å². The van der Waals surface area contributed by atoms with Gasteiger partial charge in [0.05, 0.1) is 10.6 Å². The van der Waals surface area contributed by atoms with Crippen LogP contribution in [0.3, 0.4) is 0 Å². The third-order valence-corrected chi connectivity index (χ3v) is 4.03. The van der Waals surface area contributed by atoms with Gasteiger partial charge in [0.2, 0.25) is 5.91 Å². The van der Waals surface area contributed by atoms with E-state index in [0.717, 1.165) is 6.42 Å². The molecule has 5 nitrogen and oxygen atoms in total. The van der Waals surface area contributed by atoms with Crippen LogP contribution in [0.25, 0.3) is 0 Å². The smallest absolute Gasteiger partial charge is 0.253 e. The Labute approximate surface area is 127 Å². The lowest BCUT2D eigenvalue weighted by molar-refractivity contribution is -0.124. The SMILES string of the molecule is NC(=O)[C@@H](NC(=O)c1ccccc1Cl)[C@@H]1CCCC(=O)C1. The molecule has 0 aromatic heterocycles. The molecule has 21 heavy (non-hydrogen) atoms. The first-order valence-corrected chi connectivity index (χ1v) is 7.23. The summed E-state index contributed by atoms with van der Waals surface area (Å²) in [6.45, 7) is 0. The third kappa shape index (κ3) is 3.82. The van der Waals surface area contributed by atoms with Crippen LogP contribution < -0.4 is 11.1 Å². The monoisotopic (exact) mass is 308 g/mol. The summed E-state index contributed by atoms with van der Waals surface area (Å²) >= 11 is 5.96. The fourth-order valence-corrected chi connectivity index (χ4v) is 2.85. The molecule has 1 saturated carbocycles. The molecule has 2 atom stereocenters. The molecule has 0 bridgehead atoms. The zero-order valence-corrected chi connectivity index (χ0v) is 12.2. The van der Waals surface area contributed by atoms with Crippen LogP contribution in [0.1, 0.15) is 36.0 Å². The number of hydrogen-bond donors (Lipinski definition) is 2. The number of nitrogens with one attached hydrogen (secondary N) is 1. The number of nitrogens with two attached hydrogens (primary N) is 1. The summed E-state index contributed by atoms with van der Waals surface area (Å²) in [5.41, 5.74) is 5.66. The maximum Gasteiger partial charge on any atom is 0.253 e. The number of primary amides is 1. The van der Waals surface area contributed by atoms with Crippen molar-refractivity contribution in [3.63, 3.8) is 0 Å². The number of carbonyl (C=O) groups excluding carboxylic acids is 3. The molecular formula is C15H17ClN2O3. The summed E-state index contributed by atoms with van der Waals surface area (Å²) in [6, 6.07) is 5.72. The zero-order chi connectivity index (χ0) is 15.4. The van der Waals surface area contributed by atoms with Gasteiger partial charge in [-0.05, 0) is 30.9 Å². The Morgan fingerprint density at radius 3 is 2.67 bits per heavy atom. The minimum atomic E-state index is -0.849. The molecule has 0 heterocycles. The van der Waals surface area contributed by atoms with Crippen LogP contribution >= 0.6 is 11.6 Å². The molecule has 6 heteroatoms. The molecule has 1 aliphatic carbocycles. The number of hydrogen-bond acceptors (Lipinski definition) is 3. The fourth-order valence-electron chi connectivity index (χ4n) is 2.63. The van der Waals surface area contributed by atoms with Crippen molar-refractivity contribution >= 4 is 29.2 Å². The van der Waals surface area contributed by atoms with E-state index in [-0.39, 0.29) is 23.7 Å². The molecule has 1 aliphatic rings. The van der Waals surface area contributed by atoms with Crippen LogP contribution in [0, 0.1) is 5.92 Å². The van der Waals surface area contributed by atoms with Gasteiger partial charge >= 0.3 is 0 Å². The van der Waals surface area contributed by atoms with Crippen molar-refractivity contribution in [2.45, 2.75) is 31.7 Å². The summed E-state index contributed by atoms with van der Waals surface area (Å²) in [5.74, 6) is -1.22. The Morgan fingerprint density at radius 1 is 1.33 bits per heavy atom. The van der Waals surface area contributed by atoms with Crippen molar-refractivity contribution in [1.29, 1.82) is 0 Å². The predicted octanol–water partition coefficient (Wildman–Crippen LogP) is 1.68. The topological polar surface area (TPSA) is 89.3 Å². The third-order valence-electron chi connectivity index (χ3n) is 3.70. The largest absolute Gasteiger partial charge is 0.368 e. The van der Waals surface area contributed by atoms with Gasteiger partial charge in [-0.2, -0.15) is 0 Å². The first-order valence-electron chi connectivity index (χ1n) is 6.85. The lowest BCUT2D eigenvalue weighted by Gasteiger charge is -2.28. The molecule has 0 saturated heterocycles. The van der Waals surface area contributed by atoms with E-state index in [1.54, 1.807) is 24.3 Å². The normalized spacial score (nSPS) is 19.9. The average molecular weight is 309 g/mol. The van der Waals surface area contributed by atoms with Crippen molar-refractivity contribution in [3.05, 3.63) is 34.9 Å². The van der Waals surface area contributed by atoms with Crippen molar-refractivity contribution in [2.24, 2.45) is 11.7 Å². The van der Waals surface area contributed by atoms with Gasteiger partial charge in [-0.1, -0.05) is 23.7 Å². The maximum atomic E-state index is 12.2. The van der Waals surface area contributed by atoms with E-state index in [2.05, 4.69) is 5.32 Å². The molecule has 0 radical (unpaired) electrons. The lowest BCUT2D eigenvalue weighted by atomic mass is 9.82. The minimum Gasteiger partial charge on any atom is -0.368 e. The number of ketones is 1. The van der Waals surface area contributed by atoms with E-state index in [4.69, 9.17) is 17.3 Å². The number of halogens is 1. The molecule has 1 aromatic carbocycles. The second-order valence-corrected chi connectivity index (χ2v) is 5.64. The number of amides is 2. The predicted molar refractivity (Wildman–Crippen MR) is 78.9 cm³/mol.